The number of halogens is 1. The summed E-state index contributed by atoms with van der Waals surface area (Å²) in [7, 11) is 1.72. The van der Waals surface area contributed by atoms with Crippen LogP contribution in [0.4, 0.5) is 5.69 Å². The fraction of sp³-hybridized carbons (Fsp3) is 0.0588. The van der Waals surface area contributed by atoms with Crippen molar-refractivity contribution >= 4 is 33.2 Å². The van der Waals surface area contributed by atoms with Crippen LogP contribution >= 0.6 is 15.9 Å². The minimum absolute atomic E-state index is 0.251. The molecule has 124 valence electrons. The molecule has 25 heavy (non-hydrogen) atoms. The van der Waals surface area contributed by atoms with Crippen molar-refractivity contribution in [3.05, 3.63) is 65.0 Å². The summed E-state index contributed by atoms with van der Waals surface area (Å²) in [5, 5.41) is 11.4. The third kappa shape index (κ3) is 2.91. The van der Waals surface area contributed by atoms with Crippen molar-refractivity contribution in [1.29, 1.82) is 0 Å². The lowest BCUT2D eigenvalue weighted by atomic mass is 10.2. The van der Waals surface area contributed by atoms with Gasteiger partial charge in [0.1, 0.15) is 5.69 Å². The van der Waals surface area contributed by atoms with Gasteiger partial charge in [-0.3, -0.25) is 9.48 Å². The zero-order valence-corrected chi connectivity index (χ0v) is 14.8. The normalized spacial score (nSPS) is 11.0. The molecule has 4 rings (SSSR count). The summed E-state index contributed by atoms with van der Waals surface area (Å²) in [5.74, 6) is 0.387. The zero-order chi connectivity index (χ0) is 17.4. The van der Waals surface area contributed by atoms with E-state index in [0.29, 0.717) is 27.3 Å². The van der Waals surface area contributed by atoms with Gasteiger partial charge in [-0.2, -0.15) is 5.10 Å². The fourth-order valence-corrected chi connectivity index (χ4v) is 3.05. The maximum absolute atomic E-state index is 12.4. The molecule has 0 spiro atoms. The Morgan fingerprint density at radius 1 is 1.20 bits per heavy atom. The summed E-state index contributed by atoms with van der Waals surface area (Å²) >= 11 is 3.33. The lowest BCUT2D eigenvalue weighted by Gasteiger charge is -2.06. The Balaban J connectivity index is 1.64. The lowest BCUT2D eigenvalue weighted by Crippen LogP contribution is -2.16. The van der Waals surface area contributed by atoms with Gasteiger partial charge in [0.2, 0.25) is 0 Å². The summed E-state index contributed by atoms with van der Waals surface area (Å²) in [6.45, 7) is 0. The smallest absolute Gasteiger partial charge is 0.275 e. The Morgan fingerprint density at radius 2 is 2.00 bits per heavy atom. The summed E-state index contributed by atoms with van der Waals surface area (Å²) < 4.78 is 3.84. The number of benzene rings is 1. The second kappa shape index (κ2) is 6.14. The first-order valence-electron chi connectivity index (χ1n) is 7.52. The summed E-state index contributed by atoms with van der Waals surface area (Å²) in [6.07, 6.45) is 3.35. The Morgan fingerprint density at radius 3 is 2.72 bits per heavy atom. The molecule has 1 aromatic carbocycles. The van der Waals surface area contributed by atoms with Crippen molar-refractivity contribution in [2.24, 2.45) is 7.05 Å². The first-order chi connectivity index (χ1) is 12.1. The SMILES string of the molecule is Cn1ncc(Br)c1C(=O)Nc1ccn2nc(-c3ccccc3)nc2c1. The number of rotatable bonds is 3. The van der Waals surface area contributed by atoms with Gasteiger partial charge in [0.25, 0.3) is 5.91 Å². The molecule has 3 heterocycles. The number of aromatic nitrogens is 5. The van der Waals surface area contributed by atoms with E-state index >= 15 is 0 Å². The summed E-state index contributed by atoms with van der Waals surface area (Å²) in [6, 6.07) is 13.3. The molecule has 3 aromatic heterocycles. The van der Waals surface area contributed by atoms with Gasteiger partial charge in [0.15, 0.2) is 11.5 Å². The molecule has 0 saturated heterocycles. The van der Waals surface area contributed by atoms with E-state index < -0.39 is 0 Å². The minimum Gasteiger partial charge on any atom is -0.320 e. The number of amides is 1. The molecule has 1 amide bonds. The first kappa shape index (κ1) is 15.5. The molecule has 4 aromatic rings. The van der Waals surface area contributed by atoms with E-state index in [4.69, 9.17) is 0 Å². The average molecular weight is 397 g/mol. The molecule has 8 heteroatoms. The van der Waals surface area contributed by atoms with Crippen LogP contribution in [0.1, 0.15) is 10.5 Å². The van der Waals surface area contributed by atoms with Crippen LogP contribution in [-0.4, -0.2) is 30.3 Å². The van der Waals surface area contributed by atoms with Crippen LogP contribution in [0, 0.1) is 0 Å². The number of fused-ring (bicyclic) bond motifs is 1. The predicted octanol–water partition coefficient (Wildman–Crippen LogP) is 3.14. The number of anilines is 1. The lowest BCUT2D eigenvalue weighted by molar-refractivity contribution is 0.101. The van der Waals surface area contributed by atoms with Crippen LogP contribution in [0.5, 0.6) is 0 Å². The van der Waals surface area contributed by atoms with Crippen LogP contribution in [0.15, 0.2) is 59.3 Å². The van der Waals surface area contributed by atoms with Crippen molar-refractivity contribution in [1.82, 2.24) is 24.4 Å². The number of nitrogens with one attached hydrogen (secondary N) is 1. The van der Waals surface area contributed by atoms with Crippen LogP contribution in [0.25, 0.3) is 17.0 Å². The number of hydrogen-bond donors (Lipinski definition) is 1. The van der Waals surface area contributed by atoms with E-state index in [0.717, 1.165) is 5.56 Å². The average Bonchev–Trinajstić information content (AvgIpc) is 3.18. The molecule has 0 radical (unpaired) electrons. The van der Waals surface area contributed by atoms with Gasteiger partial charge in [-0.15, -0.1) is 5.10 Å². The molecule has 1 N–H and O–H groups in total. The maximum atomic E-state index is 12.4. The largest absolute Gasteiger partial charge is 0.320 e. The Kier molecular flexibility index (Phi) is 3.81. The topological polar surface area (TPSA) is 77.1 Å². The number of nitrogens with zero attached hydrogens (tertiary/aromatic N) is 5. The molecular weight excluding hydrogens is 384 g/mol. The van der Waals surface area contributed by atoms with Crippen LogP contribution in [0.3, 0.4) is 0 Å². The molecule has 0 bridgehead atoms. The highest BCUT2D eigenvalue weighted by Gasteiger charge is 2.16. The van der Waals surface area contributed by atoms with Crippen molar-refractivity contribution in [3.63, 3.8) is 0 Å². The summed E-state index contributed by atoms with van der Waals surface area (Å²) in [4.78, 5) is 17.0. The third-order valence-corrected chi connectivity index (χ3v) is 4.32. The van der Waals surface area contributed by atoms with Gasteiger partial charge in [-0.1, -0.05) is 30.3 Å². The standard InChI is InChI=1S/C17H13BrN6O/c1-23-15(13(18)10-19-23)17(25)20-12-7-8-24-14(9-12)21-16(22-24)11-5-3-2-4-6-11/h2-10H,1H3,(H,20,25). The fourth-order valence-electron chi connectivity index (χ4n) is 2.53. The van der Waals surface area contributed by atoms with Crippen molar-refractivity contribution < 1.29 is 4.79 Å². The maximum Gasteiger partial charge on any atom is 0.275 e. The highest BCUT2D eigenvalue weighted by molar-refractivity contribution is 9.10. The zero-order valence-electron chi connectivity index (χ0n) is 13.2. The molecule has 0 aliphatic heterocycles. The predicted molar refractivity (Wildman–Crippen MR) is 97.3 cm³/mol. The van der Waals surface area contributed by atoms with Crippen LogP contribution in [0.2, 0.25) is 0 Å². The van der Waals surface area contributed by atoms with Gasteiger partial charge in [0, 0.05) is 30.6 Å². The highest BCUT2D eigenvalue weighted by atomic mass is 79.9. The van der Waals surface area contributed by atoms with Gasteiger partial charge < -0.3 is 5.32 Å². The molecule has 7 nitrogen and oxygen atoms in total. The molecule has 0 aliphatic rings. The van der Waals surface area contributed by atoms with Crippen LogP contribution in [-0.2, 0) is 7.05 Å². The molecule has 0 aliphatic carbocycles. The molecule has 0 saturated carbocycles. The molecule has 0 fully saturated rings. The third-order valence-electron chi connectivity index (χ3n) is 3.74. The highest BCUT2D eigenvalue weighted by Crippen LogP contribution is 2.20. The molecule has 0 atom stereocenters. The van der Waals surface area contributed by atoms with E-state index in [1.165, 1.54) is 4.68 Å². The minimum atomic E-state index is -0.251. The quantitative estimate of drug-likeness (QED) is 0.576. The van der Waals surface area contributed by atoms with E-state index in [9.17, 15) is 4.79 Å². The van der Waals surface area contributed by atoms with Crippen molar-refractivity contribution in [2.75, 3.05) is 5.32 Å². The van der Waals surface area contributed by atoms with Gasteiger partial charge >= 0.3 is 0 Å². The summed E-state index contributed by atoms with van der Waals surface area (Å²) in [5.41, 5.74) is 2.68. The van der Waals surface area contributed by atoms with Crippen LogP contribution < -0.4 is 5.32 Å². The molecular formula is C17H13BrN6O. The number of carbonyl (C=O) groups is 1. The van der Waals surface area contributed by atoms with Crippen molar-refractivity contribution in [3.8, 4) is 11.4 Å². The number of hydrogen-bond acceptors (Lipinski definition) is 4. The van der Waals surface area contributed by atoms with Gasteiger partial charge in [-0.05, 0) is 22.0 Å². The molecule has 0 unspecified atom stereocenters. The monoisotopic (exact) mass is 396 g/mol. The van der Waals surface area contributed by atoms with E-state index in [2.05, 4.69) is 36.4 Å². The number of aryl methyl sites for hydroxylation is 1. The Labute approximate surface area is 151 Å². The first-order valence-corrected chi connectivity index (χ1v) is 8.32. The second-order valence-corrected chi connectivity index (χ2v) is 6.29. The Bertz CT molecular complexity index is 1050. The number of carbonyl (C=O) groups excluding carboxylic acids is 1. The van der Waals surface area contributed by atoms with E-state index in [-0.39, 0.29) is 5.91 Å². The number of pyridine rings is 1. The van der Waals surface area contributed by atoms with Crippen molar-refractivity contribution in [2.45, 2.75) is 0 Å². The van der Waals surface area contributed by atoms with Gasteiger partial charge in [-0.25, -0.2) is 9.50 Å². The second-order valence-electron chi connectivity index (χ2n) is 5.44. The van der Waals surface area contributed by atoms with E-state index in [1.807, 2.05) is 30.3 Å². The Hall–Kier alpha value is -3.00. The van der Waals surface area contributed by atoms with E-state index in [1.54, 1.807) is 36.1 Å². The van der Waals surface area contributed by atoms with Gasteiger partial charge in [0.05, 0.1) is 10.7 Å².